The van der Waals surface area contributed by atoms with Crippen molar-refractivity contribution in [1.29, 1.82) is 0 Å². The zero-order valence-corrected chi connectivity index (χ0v) is 21.3. The highest BCUT2D eigenvalue weighted by Gasteiger charge is 2.45. The third kappa shape index (κ3) is 3.89. The van der Waals surface area contributed by atoms with Gasteiger partial charge in [-0.05, 0) is 57.6 Å². The molecule has 0 amide bonds. The standard InChI is InChI=1S/C29H24Br2O2/c30-17-19-32-23-13-9-21(10-14-23)29(22-11-15-24(16-12-22)33-20-18-31)27-7-3-1-5-25(27)26-6-2-4-8-28(26)29/h1-16H,17-20H2. The van der Waals surface area contributed by atoms with Gasteiger partial charge in [-0.1, -0.05) is 105 Å². The first-order chi connectivity index (χ1) is 16.3. The van der Waals surface area contributed by atoms with Crippen LogP contribution in [0.4, 0.5) is 0 Å². The van der Waals surface area contributed by atoms with Gasteiger partial charge in [0, 0.05) is 10.7 Å². The van der Waals surface area contributed by atoms with Crippen LogP contribution in [0.5, 0.6) is 11.5 Å². The van der Waals surface area contributed by atoms with Crippen LogP contribution in [0.2, 0.25) is 0 Å². The Hall–Kier alpha value is -2.56. The van der Waals surface area contributed by atoms with Crippen LogP contribution in [-0.2, 0) is 5.41 Å². The largest absolute Gasteiger partial charge is 0.493 e. The van der Waals surface area contributed by atoms with Crippen molar-refractivity contribution >= 4 is 31.9 Å². The zero-order chi connectivity index (χ0) is 22.7. The monoisotopic (exact) mass is 562 g/mol. The van der Waals surface area contributed by atoms with Crippen LogP contribution in [0.3, 0.4) is 0 Å². The molecule has 0 fully saturated rings. The summed E-state index contributed by atoms with van der Waals surface area (Å²) >= 11 is 6.87. The summed E-state index contributed by atoms with van der Waals surface area (Å²) in [6.07, 6.45) is 0. The van der Waals surface area contributed by atoms with Gasteiger partial charge in [0.05, 0.1) is 18.6 Å². The molecule has 0 radical (unpaired) electrons. The second-order valence-electron chi connectivity index (χ2n) is 7.96. The highest BCUT2D eigenvalue weighted by Crippen LogP contribution is 2.56. The zero-order valence-electron chi connectivity index (χ0n) is 18.1. The lowest BCUT2D eigenvalue weighted by Crippen LogP contribution is -2.28. The number of alkyl halides is 2. The van der Waals surface area contributed by atoms with Crippen molar-refractivity contribution in [2.45, 2.75) is 5.41 Å². The normalized spacial score (nSPS) is 13.3. The van der Waals surface area contributed by atoms with E-state index in [4.69, 9.17) is 9.47 Å². The molecule has 33 heavy (non-hydrogen) atoms. The number of ether oxygens (including phenoxy) is 2. The highest BCUT2D eigenvalue weighted by atomic mass is 79.9. The Morgan fingerprint density at radius 2 is 0.909 bits per heavy atom. The maximum atomic E-state index is 5.84. The van der Waals surface area contributed by atoms with Gasteiger partial charge in [0.1, 0.15) is 11.5 Å². The molecule has 0 aliphatic heterocycles. The topological polar surface area (TPSA) is 18.5 Å². The van der Waals surface area contributed by atoms with Crippen molar-refractivity contribution in [2.24, 2.45) is 0 Å². The molecule has 1 aliphatic rings. The summed E-state index contributed by atoms with van der Waals surface area (Å²) in [7, 11) is 0. The maximum absolute atomic E-state index is 5.84. The minimum Gasteiger partial charge on any atom is -0.493 e. The van der Waals surface area contributed by atoms with Crippen molar-refractivity contribution in [3.63, 3.8) is 0 Å². The van der Waals surface area contributed by atoms with E-state index >= 15 is 0 Å². The molecule has 4 aromatic carbocycles. The first-order valence-corrected chi connectivity index (χ1v) is 13.3. The third-order valence-corrected chi connectivity index (χ3v) is 6.87. The molecule has 0 spiro atoms. The maximum Gasteiger partial charge on any atom is 0.119 e. The molecule has 0 saturated heterocycles. The Morgan fingerprint density at radius 3 is 1.30 bits per heavy atom. The molecule has 0 aromatic heterocycles. The van der Waals surface area contributed by atoms with Gasteiger partial charge in [0.2, 0.25) is 0 Å². The summed E-state index contributed by atoms with van der Waals surface area (Å²) in [6.45, 7) is 1.29. The van der Waals surface area contributed by atoms with E-state index in [1.165, 1.54) is 33.4 Å². The molecule has 4 heteroatoms. The van der Waals surface area contributed by atoms with Crippen LogP contribution in [-0.4, -0.2) is 23.9 Å². The minimum atomic E-state index is -0.408. The van der Waals surface area contributed by atoms with Crippen molar-refractivity contribution < 1.29 is 9.47 Å². The van der Waals surface area contributed by atoms with Crippen LogP contribution >= 0.6 is 31.9 Å². The lowest BCUT2D eigenvalue weighted by atomic mass is 9.68. The van der Waals surface area contributed by atoms with Crippen molar-refractivity contribution in [3.8, 4) is 22.6 Å². The van der Waals surface area contributed by atoms with Gasteiger partial charge in [0.15, 0.2) is 0 Å². The minimum absolute atomic E-state index is 0.408. The molecule has 2 nitrogen and oxygen atoms in total. The number of fused-ring (bicyclic) bond motifs is 3. The van der Waals surface area contributed by atoms with Gasteiger partial charge < -0.3 is 9.47 Å². The predicted octanol–water partition coefficient (Wildman–Crippen LogP) is 7.60. The first-order valence-electron chi connectivity index (χ1n) is 11.1. The number of halogens is 2. The predicted molar refractivity (Wildman–Crippen MR) is 142 cm³/mol. The molecule has 0 N–H and O–H groups in total. The number of hydrogen-bond donors (Lipinski definition) is 0. The fourth-order valence-corrected chi connectivity index (χ4v) is 5.26. The summed E-state index contributed by atoms with van der Waals surface area (Å²) < 4.78 is 11.7. The van der Waals surface area contributed by atoms with Crippen molar-refractivity contribution in [1.82, 2.24) is 0 Å². The molecular weight excluding hydrogens is 540 g/mol. The van der Waals surface area contributed by atoms with Gasteiger partial charge in [-0.25, -0.2) is 0 Å². The summed E-state index contributed by atoms with van der Waals surface area (Å²) in [5.74, 6) is 1.76. The molecule has 0 saturated carbocycles. The molecular formula is C29H24Br2O2. The molecule has 4 aromatic rings. The average Bonchev–Trinajstić information content (AvgIpc) is 3.18. The first kappa shape index (κ1) is 22.2. The number of hydrogen-bond acceptors (Lipinski definition) is 2. The third-order valence-electron chi connectivity index (χ3n) is 6.22. The van der Waals surface area contributed by atoms with Crippen LogP contribution in [0.15, 0.2) is 97.1 Å². The quantitative estimate of drug-likeness (QED) is 0.181. The number of benzene rings is 4. The van der Waals surface area contributed by atoms with Crippen LogP contribution in [0.1, 0.15) is 22.3 Å². The summed E-state index contributed by atoms with van der Waals surface area (Å²) in [5, 5.41) is 1.62. The lowest BCUT2D eigenvalue weighted by molar-refractivity contribution is 0.345. The van der Waals surface area contributed by atoms with E-state index in [2.05, 4.69) is 129 Å². The van der Waals surface area contributed by atoms with Crippen molar-refractivity contribution in [3.05, 3.63) is 119 Å². The summed E-state index contributed by atoms with van der Waals surface area (Å²) in [4.78, 5) is 0. The molecule has 0 unspecified atom stereocenters. The SMILES string of the molecule is BrCCOc1ccc(C2(c3ccc(OCCBr)cc3)c3ccccc3-c3ccccc32)cc1. The van der Waals surface area contributed by atoms with Gasteiger partial charge in [-0.15, -0.1) is 0 Å². The molecule has 0 atom stereocenters. The van der Waals surface area contributed by atoms with E-state index < -0.39 is 5.41 Å². The van der Waals surface area contributed by atoms with Crippen LogP contribution in [0.25, 0.3) is 11.1 Å². The Balaban J connectivity index is 1.72. The summed E-state index contributed by atoms with van der Waals surface area (Å²) in [6, 6.07) is 34.7. The second kappa shape index (κ2) is 9.74. The Morgan fingerprint density at radius 1 is 0.515 bits per heavy atom. The van der Waals surface area contributed by atoms with E-state index in [0.717, 1.165) is 22.2 Å². The average molecular weight is 564 g/mol. The van der Waals surface area contributed by atoms with E-state index in [9.17, 15) is 0 Å². The van der Waals surface area contributed by atoms with Crippen molar-refractivity contribution in [2.75, 3.05) is 23.9 Å². The Labute approximate surface area is 211 Å². The van der Waals surface area contributed by atoms with Crippen LogP contribution < -0.4 is 9.47 Å². The van der Waals surface area contributed by atoms with Gasteiger partial charge >= 0.3 is 0 Å². The fraction of sp³-hybridized carbons (Fsp3) is 0.172. The summed E-state index contributed by atoms with van der Waals surface area (Å²) in [5.41, 5.74) is 7.21. The molecule has 5 rings (SSSR count). The molecule has 166 valence electrons. The van der Waals surface area contributed by atoms with Gasteiger partial charge in [-0.3, -0.25) is 0 Å². The highest BCUT2D eigenvalue weighted by molar-refractivity contribution is 9.09. The smallest absolute Gasteiger partial charge is 0.119 e. The van der Waals surface area contributed by atoms with Crippen LogP contribution in [0, 0.1) is 0 Å². The number of rotatable bonds is 8. The second-order valence-corrected chi connectivity index (χ2v) is 9.55. The molecule has 0 bridgehead atoms. The van der Waals surface area contributed by atoms with E-state index in [-0.39, 0.29) is 0 Å². The Bertz CT molecular complexity index is 1130. The van der Waals surface area contributed by atoms with E-state index in [1.807, 2.05) is 0 Å². The Kier molecular flexibility index (Phi) is 6.57. The fourth-order valence-electron chi connectivity index (χ4n) is 4.94. The molecule has 0 heterocycles. The molecule has 1 aliphatic carbocycles. The van der Waals surface area contributed by atoms with E-state index in [1.54, 1.807) is 0 Å². The van der Waals surface area contributed by atoms with Gasteiger partial charge in [0.25, 0.3) is 0 Å². The lowest BCUT2D eigenvalue weighted by Gasteiger charge is -2.34. The van der Waals surface area contributed by atoms with E-state index in [0.29, 0.717) is 13.2 Å². The van der Waals surface area contributed by atoms with Gasteiger partial charge in [-0.2, -0.15) is 0 Å².